The van der Waals surface area contributed by atoms with Crippen LogP contribution in [-0.4, -0.2) is 18.7 Å². The van der Waals surface area contributed by atoms with Gasteiger partial charge in [-0.25, -0.2) is 4.79 Å². The molecule has 1 unspecified atom stereocenters. The molecule has 0 saturated heterocycles. The summed E-state index contributed by atoms with van der Waals surface area (Å²) in [7, 11) is 0. The summed E-state index contributed by atoms with van der Waals surface area (Å²) in [4.78, 5) is 11.5. The number of carbonyl (C=O) groups is 1. The molecule has 0 aliphatic heterocycles. The standard InChI is InChI=1S/C14H22N2O2/c1-4-9-15-14(17)16-12-7-6-8-13(10-12)18-11(3)5-2/h6-8,10-11H,4-5,9H2,1-3H3,(H2,15,16,17). The van der Waals surface area contributed by atoms with Gasteiger partial charge < -0.3 is 15.4 Å². The van der Waals surface area contributed by atoms with E-state index in [-0.39, 0.29) is 12.1 Å². The van der Waals surface area contributed by atoms with Crippen molar-refractivity contribution in [3.8, 4) is 5.75 Å². The highest BCUT2D eigenvalue weighted by Gasteiger charge is 2.04. The van der Waals surface area contributed by atoms with Gasteiger partial charge in [-0.05, 0) is 31.9 Å². The van der Waals surface area contributed by atoms with Crippen LogP contribution in [0.1, 0.15) is 33.6 Å². The van der Waals surface area contributed by atoms with Crippen LogP contribution in [0, 0.1) is 0 Å². The van der Waals surface area contributed by atoms with Crippen molar-refractivity contribution in [2.75, 3.05) is 11.9 Å². The van der Waals surface area contributed by atoms with Gasteiger partial charge in [-0.1, -0.05) is 19.9 Å². The Morgan fingerprint density at radius 3 is 2.83 bits per heavy atom. The van der Waals surface area contributed by atoms with Gasteiger partial charge in [0.1, 0.15) is 5.75 Å². The first kappa shape index (κ1) is 14.4. The van der Waals surface area contributed by atoms with E-state index < -0.39 is 0 Å². The average Bonchev–Trinajstić information content (AvgIpc) is 2.36. The third-order valence-corrected chi connectivity index (χ3v) is 2.54. The number of amides is 2. The number of benzene rings is 1. The molecule has 0 radical (unpaired) electrons. The summed E-state index contributed by atoms with van der Waals surface area (Å²) in [6, 6.07) is 7.25. The molecule has 4 nitrogen and oxygen atoms in total. The lowest BCUT2D eigenvalue weighted by Crippen LogP contribution is -2.29. The molecule has 0 aromatic heterocycles. The Labute approximate surface area is 109 Å². The summed E-state index contributed by atoms with van der Waals surface area (Å²) in [6.45, 7) is 6.79. The monoisotopic (exact) mass is 250 g/mol. The predicted octanol–water partition coefficient (Wildman–Crippen LogP) is 3.40. The second-order valence-corrected chi connectivity index (χ2v) is 4.25. The lowest BCUT2D eigenvalue weighted by molar-refractivity contribution is 0.217. The van der Waals surface area contributed by atoms with E-state index in [9.17, 15) is 4.79 Å². The van der Waals surface area contributed by atoms with E-state index in [0.29, 0.717) is 6.54 Å². The van der Waals surface area contributed by atoms with Gasteiger partial charge in [0.15, 0.2) is 0 Å². The Morgan fingerprint density at radius 1 is 1.39 bits per heavy atom. The van der Waals surface area contributed by atoms with E-state index in [1.54, 1.807) is 0 Å². The second kappa shape index (κ2) is 7.58. The molecule has 0 saturated carbocycles. The molecule has 4 heteroatoms. The van der Waals surface area contributed by atoms with E-state index in [2.05, 4.69) is 17.6 Å². The fraction of sp³-hybridized carbons (Fsp3) is 0.500. The minimum atomic E-state index is -0.183. The van der Waals surface area contributed by atoms with E-state index in [4.69, 9.17) is 4.74 Å². The van der Waals surface area contributed by atoms with Crippen LogP contribution >= 0.6 is 0 Å². The number of nitrogens with one attached hydrogen (secondary N) is 2. The molecule has 18 heavy (non-hydrogen) atoms. The van der Waals surface area contributed by atoms with Gasteiger partial charge in [0, 0.05) is 18.3 Å². The van der Waals surface area contributed by atoms with Crippen LogP contribution in [0.3, 0.4) is 0 Å². The predicted molar refractivity (Wildman–Crippen MR) is 74.1 cm³/mol. The van der Waals surface area contributed by atoms with E-state index in [0.717, 1.165) is 24.3 Å². The van der Waals surface area contributed by atoms with Crippen LogP contribution in [-0.2, 0) is 0 Å². The van der Waals surface area contributed by atoms with Crippen LogP contribution in [0.25, 0.3) is 0 Å². The van der Waals surface area contributed by atoms with Crippen LogP contribution in [0.5, 0.6) is 5.75 Å². The minimum absolute atomic E-state index is 0.175. The molecular weight excluding hydrogens is 228 g/mol. The number of rotatable bonds is 6. The van der Waals surface area contributed by atoms with Gasteiger partial charge in [-0.3, -0.25) is 0 Å². The molecule has 2 amide bonds. The molecule has 1 rings (SSSR count). The van der Waals surface area contributed by atoms with Gasteiger partial charge in [-0.15, -0.1) is 0 Å². The molecule has 0 spiro atoms. The quantitative estimate of drug-likeness (QED) is 0.813. The average molecular weight is 250 g/mol. The number of hydrogen-bond donors (Lipinski definition) is 2. The summed E-state index contributed by atoms with van der Waals surface area (Å²) < 4.78 is 5.70. The maximum Gasteiger partial charge on any atom is 0.319 e. The zero-order valence-electron chi connectivity index (χ0n) is 11.3. The van der Waals surface area contributed by atoms with Crippen molar-refractivity contribution in [2.24, 2.45) is 0 Å². The van der Waals surface area contributed by atoms with Crippen LogP contribution in [0.15, 0.2) is 24.3 Å². The Bertz CT molecular complexity index is 380. The summed E-state index contributed by atoms with van der Waals surface area (Å²) in [5.41, 5.74) is 0.740. The van der Waals surface area contributed by atoms with E-state index in [1.165, 1.54) is 0 Å². The normalized spacial score (nSPS) is 11.7. The van der Waals surface area contributed by atoms with E-state index in [1.807, 2.05) is 38.1 Å². The van der Waals surface area contributed by atoms with E-state index >= 15 is 0 Å². The van der Waals surface area contributed by atoms with Gasteiger partial charge in [0.25, 0.3) is 0 Å². The molecular formula is C14H22N2O2. The Balaban J connectivity index is 2.56. The summed E-state index contributed by atoms with van der Waals surface area (Å²) in [5, 5.41) is 5.54. The van der Waals surface area contributed by atoms with Gasteiger partial charge in [-0.2, -0.15) is 0 Å². The number of carbonyl (C=O) groups excluding carboxylic acids is 1. The van der Waals surface area contributed by atoms with Crippen molar-refractivity contribution in [3.05, 3.63) is 24.3 Å². The van der Waals surface area contributed by atoms with Crippen LogP contribution in [0.2, 0.25) is 0 Å². The largest absolute Gasteiger partial charge is 0.491 e. The lowest BCUT2D eigenvalue weighted by atomic mass is 10.3. The highest BCUT2D eigenvalue weighted by atomic mass is 16.5. The van der Waals surface area contributed by atoms with Crippen molar-refractivity contribution in [3.63, 3.8) is 0 Å². The first-order valence-corrected chi connectivity index (χ1v) is 6.47. The fourth-order valence-electron chi connectivity index (χ4n) is 1.38. The van der Waals surface area contributed by atoms with Crippen LogP contribution in [0.4, 0.5) is 10.5 Å². The molecule has 0 aliphatic carbocycles. The maximum absolute atomic E-state index is 11.5. The molecule has 1 atom stereocenters. The van der Waals surface area contributed by atoms with Crippen molar-refractivity contribution < 1.29 is 9.53 Å². The number of anilines is 1. The third kappa shape index (κ3) is 5.08. The zero-order chi connectivity index (χ0) is 13.4. The lowest BCUT2D eigenvalue weighted by Gasteiger charge is -2.13. The van der Waals surface area contributed by atoms with Gasteiger partial charge >= 0.3 is 6.03 Å². The highest BCUT2D eigenvalue weighted by molar-refractivity contribution is 5.89. The Morgan fingerprint density at radius 2 is 2.17 bits per heavy atom. The Hall–Kier alpha value is -1.71. The number of urea groups is 1. The van der Waals surface area contributed by atoms with Gasteiger partial charge in [0.2, 0.25) is 0 Å². The molecule has 100 valence electrons. The van der Waals surface area contributed by atoms with Crippen molar-refractivity contribution >= 4 is 11.7 Å². The molecule has 0 aliphatic rings. The van der Waals surface area contributed by atoms with Crippen molar-refractivity contribution in [2.45, 2.75) is 39.7 Å². The fourth-order valence-corrected chi connectivity index (χ4v) is 1.38. The summed E-state index contributed by atoms with van der Waals surface area (Å²) >= 11 is 0. The molecule has 0 heterocycles. The first-order chi connectivity index (χ1) is 8.65. The topological polar surface area (TPSA) is 50.4 Å². The molecule has 0 fully saturated rings. The summed E-state index contributed by atoms with van der Waals surface area (Å²) in [6.07, 6.45) is 2.05. The third-order valence-electron chi connectivity index (χ3n) is 2.54. The molecule has 2 N–H and O–H groups in total. The van der Waals surface area contributed by atoms with Crippen molar-refractivity contribution in [1.29, 1.82) is 0 Å². The number of hydrogen-bond acceptors (Lipinski definition) is 2. The second-order valence-electron chi connectivity index (χ2n) is 4.25. The molecule has 0 bridgehead atoms. The zero-order valence-corrected chi connectivity index (χ0v) is 11.3. The molecule has 1 aromatic rings. The Kier molecular flexibility index (Phi) is 6.05. The number of ether oxygens (including phenoxy) is 1. The SMILES string of the molecule is CCCNC(=O)Nc1cccc(OC(C)CC)c1. The van der Waals surface area contributed by atoms with Crippen molar-refractivity contribution in [1.82, 2.24) is 5.32 Å². The minimum Gasteiger partial charge on any atom is -0.491 e. The van der Waals surface area contributed by atoms with Gasteiger partial charge in [0.05, 0.1) is 6.10 Å². The van der Waals surface area contributed by atoms with Crippen LogP contribution < -0.4 is 15.4 Å². The molecule has 1 aromatic carbocycles. The summed E-state index contributed by atoms with van der Waals surface area (Å²) in [5.74, 6) is 0.776. The first-order valence-electron chi connectivity index (χ1n) is 6.47. The highest BCUT2D eigenvalue weighted by Crippen LogP contribution is 2.19. The smallest absolute Gasteiger partial charge is 0.319 e. The maximum atomic E-state index is 11.5.